The number of morpholine rings is 1. The van der Waals surface area contributed by atoms with Crippen molar-refractivity contribution in [3.05, 3.63) is 16.5 Å². The van der Waals surface area contributed by atoms with Crippen molar-refractivity contribution in [2.24, 2.45) is 0 Å². The minimum atomic E-state index is 0.232. The van der Waals surface area contributed by atoms with E-state index in [0.717, 1.165) is 70.1 Å². The van der Waals surface area contributed by atoms with Crippen molar-refractivity contribution in [1.29, 1.82) is 0 Å². The van der Waals surface area contributed by atoms with Crippen LogP contribution in [0.3, 0.4) is 0 Å². The van der Waals surface area contributed by atoms with Gasteiger partial charge in [-0.15, -0.1) is 23.1 Å². The molecule has 4 nitrogen and oxygen atoms in total. The molecular formula is C16H24N2O2S2. The van der Waals surface area contributed by atoms with Gasteiger partial charge in [-0.25, -0.2) is 0 Å². The number of carbonyl (C=O) groups is 1. The molecule has 0 spiro atoms. The van der Waals surface area contributed by atoms with Gasteiger partial charge in [0.15, 0.2) is 0 Å². The van der Waals surface area contributed by atoms with Crippen LogP contribution < -0.4 is 0 Å². The summed E-state index contributed by atoms with van der Waals surface area (Å²) in [5, 5.41) is 0. The molecule has 22 heavy (non-hydrogen) atoms. The van der Waals surface area contributed by atoms with Crippen molar-refractivity contribution < 1.29 is 9.53 Å². The molecule has 0 N–H and O–H groups in total. The molecule has 6 heteroatoms. The topological polar surface area (TPSA) is 32.8 Å². The summed E-state index contributed by atoms with van der Waals surface area (Å²) in [6, 6.07) is 2.06. The Morgan fingerprint density at radius 2 is 1.95 bits per heavy atom. The Hall–Kier alpha value is -0.560. The van der Waals surface area contributed by atoms with Crippen molar-refractivity contribution in [3.63, 3.8) is 0 Å². The summed E-state index contributed by atoms with van der Waals surface area (Å²) in [6.07, 6.45) is 2.25. The van der Waals surface area contributed by atoms with Crippen LogP contribution >= 0.6 is 23.1 Å². The highest BCUT2D eigenvalue weighted by Gasteiger charge is 2.24. The predicted molar refractivity (Wildman–Crippen MR) is 92.2 cm³/mol. The molecule has 122 valence electrons. The first-order chi connectivity index (χ1) is 10.7. The summed E-state index contributed by atoms with van der Waals surface area (Å²) >= 11 is 3.59. The van der Waals surface area contributed by atoms with Crippen molar-refractivity contribution in [1.82, 2.24) is 9.80 Å². The highest BCUT2D eigenvalue weighted by atomic mass is 32.2. The van der Waals surface area contributed by atoms with E-state index in [1.54, 1.807) is 11.3 Å². The van der Waals surface area contributed by atoms with Gasteiger partial charge in [-0.2, -0.15) is 0 Å². The fourth-order valence-corrected chi connectivity index (χ4v) is 5.35. The van der Waals surface area contributed by atoms with Gasteiger partial charge in [0, 0.05) is 36.8 Å². The third kappa shape index (κ3) is 4.04. The maximum absolute atomic E-state index is 12.6. The van der Waals surface area contributed by atoms with E-state index < -0.39 is 0 Å². The number of thiophene rings is 1. The number of unbranched alkanes of at least 4 members (excludes halogenated alkanes) is 1. The first kappa shape index (κ1) is 16.3. The second kappa shape index (κ2) is 7.81. The molecule has 2 aliphatic heterocycles. The van der Waals surface area contributed by atoms with Crippen LogP contribution in [0.25, 0.3) is 0 Å². The zero-order chi connectivity index (χ0) is 15.4. The molecule has 1 aromatic rings. The van der Waals surface area contributed by atoms with Crippen LogP contribution in [0.1, 0.15) is 28.1 Å². The van der Waals surface area contributed by atoms with Gasteiger partial charge >= 0.3 is 0 Å². The van der Waals surface area contributed by atoms with Crippen molar-refractivity contribution in [2.75, 3.05) is 51.7 Å². The number of hydrogen-bond donors (Lipinski definition) is 0. The zero-order valence-corrected chi connectivity index (χ0v) is 14.8. The average Bonchev–Trinajstić information content (AvgIpc) is 2.84. The van der Waals surface area contributed by atoms with Gasteiger partial charge in [-0.05, 0) is 32.4 Å². The number of amides is 1. The molecule has 3 rings (SSSR count). The highest BCUT2D eigenvalue weighted by Crippen LogP contribution is 2.34. The van der Waals surface area contributed by atoms with E-state index in [4.69, 9.17) is 4.74 Å². The van der Waals surface area contributed by atoms with E-state index in [1.165, 1.54) is 9.09 Å². The number of hydrogen-bond acceptors (Lipinski definition) is 5. The number of ether oxygens (including phenoxy) is 1. The molecule has 0 unspecified atom stereocenters. The lowest BCUT2D eigenvalue weighted by Gasteiger charge is -2.27. The molecule has 1 aromatic heterocycles. The van der Waals surface area contributed by atoms with E-state index in [9.17, 15) is 4.79 Å². The summed E-state index contributed by atoms with van der Waals surface area (Å²) in [5.41, 5.74) is 0.929. The molecule has 1 saturated heterocycles. The fraction of sp³-hybridized carbons (Fsp3) is 0.688. The van der Waals surface area contributed by atoms with E-state index in [-0.39, 0.29) is 5.91 Å². The quantitative estimate of drug-likeness (QED) is 0.772. The largest absolute Gasteiger partial charge is 0.379 e. The van der Waals surface area contributed by atoms with Crippen molar-refractivity contribution >= 4 is 29.0 Å². The summed E-state index contributed by atoms with van der Waals surface area (Å²) in [4.78, 5) is 18.4. The molecule has 0 aromatic carbocycles. The van der Waals surface area contributed by atoms with Crippen LogP contribution in [-0.4, -0.2) is 67.4 Å². The maximum atomic E-state index is 12.6. The summed E-state index contributed by atoms with van der Waals surface area (Å²) in [7, 11) is 0. The van der Waals surface area contributed by atoms with Gasteiger partial charge < -0.3 is 9.64 Å². The second-order valence-electron chi connectivity index (χ2n) is 5.86. The normalized spacial score (nSPS) is 20.0. The summed E-state index contributed by atoms with van der Waals surface area (Å²) < 4.78 is 6.58. The van der Waals surface area contributed by atoms with Crippen molar-refractivity contribution in [3.8, 4) is 0 Å². The van der Waals surface area contributed by atoms with Gasteiger partial charge in [0.25, 0.3) is 5.91 Å². The second-order valence-corrected chi connectivity index (χ2v) is 8.48. The number of thioether (sulfide) groups is 1. The Kier molecular flexibility index (Phi) is 5.79. The van der Waals surface area contributed by atoms with Crippen LogP contribution in [0, 0.1) is 6.92 Å². The van der Waals surface area contributed by atoms with Crippen LogP contribution in [0.15, 0.2) is 10.3 Å². The van der Waals surface area contributed by atoms with Crippen LogP contribution in [0.2, 0.25) is 0 Å². The van der Waals surface area contributed by atoms with Crippen LogP contribution in [0.4, 0.5) is 0 Å². The van der Waals surface area contributed by atoms with Crippen LogP contribution in [-0.2, 0) is 4.74 Å². The molecule has 0 aliphatic carbocycles. The molecule has 0 atom stereocenters. The number of aryl methyl sites for hydroxylation is 1. The number of fused-ring (bicyclic) bond motifs is 1. The third-order valence-electron chi connectivity index (χ3n) is 4.19. The van der Waals surface area contributed by atoms with Gasteiger partial charge in [0.1, 0.15) is 0 Å². The Morgan fingerprint density at radius 3 is 2.77 bits per heavy atom. The molecule has 1 amide bonds. The first-order valence-electron chi connectivity index (χ1n) is 8.06. The predicted octanol–water partition coefficient (Wildman–Crippen LogP) is 2.72. The number of carbonyl (C=O) groups excluding carboxylic acids is 1. The fourth-order valence-electron chi connectivity index (χ4n) is 2.95. The number of nitrogens with zero attached hydrogens (tertiary/aromatic N) is 2. The lowest BCUT2D eigenvalue weighted by molar-refractivity contribution is 0.0368. The van der Waals surface area contributed by atoms with E-state index in [0.29, 0.717) is 0 Å². The van der Waals surface area contributed by atoms with Crippen molar-refractivity contribution in [2.45, 2.75) is 24.0 Å². The first-order valence-corrected chi connectivity index (χ1v) is 9.87. The van der Waals surface area contributed by atoms with Gasteiger partial charge in [-0.3, -0.25) is 9.69 Å². The Bertz CT molecular complexity index is 512. The van der Waals surface area contributed by atoms with Crippen LogP contribution in [0.5, 0.6) is 0 Å². The Morgan fingerprint density at radius 1 is 1.18 bits per heavy atom. The van der Waals surface area contributed by atoms with Gasteiger partial charge in [0.05, 0.1) is 23.0 Å². The molecule has 0 radical (unpaired) electrons. The molecule has 1 fully saturated rings. The van der Waals surface area contributed by atoms with Gasteiger partial charge in [0.2, 0.25) is 0 Å². The lowest BCUT2D eigenvalue weighted by Crippen LogP contribution is -2.37. The molecular weight excluding hydrogens is 316 g/mol. The summed E-state index contributed by atoms with van der Waals surface area (Å²) in [5.74, 6) is 1.25. The monoisotopic (exact) mass is 340 g/mol. The maximum Gasteiger partial charge on any atom is 0.255 e. The smallest absolute Gasteiger partial charge is 0.255 e. The average molecular weight is 341 g/mol. The Balaban J connectivity index is 1.47. The molecule has 2 aliphatic rings. The SMILES string of the molecule is Cc1cc2c(s1)SCCN(CCCCN1CCOCC1)C2=O. The minimum Gasteiger partial charge on any atom is -0.379 e. The molecule has 0 bridgehead atoms. The molecule has 3 heterocycles. The van der Waals surface area contributed by atoms with Gasteiger partial charge in [-0.1, -0.05) is 0 Å². The molecule has 0 saturated carbocycles. The minimum absolute atomic E-state index is 0.232. The number of rotatable bonds is 5. The lowest BCUT2D eigenvalue weighted by atomic mass is 10.2. The standard InChI is InChI=1S/C16H24N2O2S2/c1-13-12-14-15(19)18(8-11-21-16(14)22-13)5-3-2-4-17-6-9-20-10-7-17/h12H,2-11H2,1H3. The third-order valence-corrected chi connectivity index (χ3v) is 6.51. The summed E-state index contributed by atoms with van der Waals surface area (Å²) in [6.45, 7) is 8.81. The van der Waals surface area contributed by atoms with E-state index in [2.05, 4.69) is 17.9 Å². The van der Waals surface area contributed by atoms with E-state index in [1.807, 2.05) is 16.7 Å². The van der Waals surface area contributed by atoms with E-state index >= 15 is 0 Å². The Labute approximate surface area is 140 Å². The zero-order valence-electron chi connectivity index (χ0n) is 13.2. The highest BCUT2D eigenvalue weighted by molar-refractivity contribution is 8.01.